The Morgan fingerprint density at radius 1 is 1.08 bits per heavy atom. The van der Waals surface area contributed by atoms with Crippen molar-refractivity contribution in [3.8, 4) is 11.5 Å². The number of anilines is 1. The van der Waals surface area contributed by atoms with Gasteiger partial charge in [0.15, 0.2) is 0 Å². The van der Waals surface area contributed by atoms with Crippen LogP contribution in [0.4, 0.5) is 18.9 Å². The molecule has 0 saturated carbocycles. The monoisotopic (exact) mass is 517 g/mol. The molecule has 1 aliphatic rings. The minimum Gasteiger partial charge on any atom is -0.489 e. The highest BCUT2D eigenvalue weighted by Gasteiger charge is 2.31. The van der Waals surface area contributed by atoms with Gasteiger partial charge in [-0.1, -0.05) is 18.2 Å². The van der Waals surface area contributed by atoms with Crippen molar-refractivity contribution in [3.63, 3.8) is 0 Å². The van der Waals surface area contributed by atoms with Crippen molar-refractivity contribution in [2.24, 2.45) is 0 Å². The van der Waals surface area contributed by atoms with Crippen LogP contribution in [0.1, 0.15) is 39.4 Å². The summed E-state index contributed by atoms with van der Waals surface area (Å²) in [6.07, 6.45) is -4.69. The molecule has 2 N–H and O–H groups in total. The smallest absolute Gasteiger partial charge is 0.489 e. The summed E-state index contributed by atoms with van der Waals surface area (Å²) in [6, 6.07) is 15.8. The first-order valence-corrected chi connectivity index (χ1v) is 11.9. The van der Waals surface area contributed by atoms with Gasteiger partial charge in [0, 0.05) is 27.8 Å². The van der Waals surface area contributed by atoms with Gasteiger partial charge in [-0.25, -0.2) is 0 Å². The van der Waals surface area contributed by atoms with Gasteiger partial charge in [-0.2, -0.15) is 0 Å². The number of benzene rings is 3. The Morgan fingerprint density at radius 2 is 1.81 bits per heavy atom. The van der Waals surface area contributed by atoms with Crippen molar-refractivity contribution in [2.45, 2.75) is 37.1 Å². The number of fused-ring (bicyclic) bond motifs is 1. The van der Waals surface area contributed by atoms with Crippen LogP contribution < -0.4 is 14.8 Å². The van der Waals surface area contributed by atoms with Crippen molar-refractivity contribution >= 4 is 29.3 Å². The number of halogens is 3. The third-order valence-electron chi connectivity index (χ3n) is 5.72. The minimum atomic E-state index is -4.79. The molecule has 3 aromatic rings. The number of nitrogens with one attached hydrogen (secondary N) is 1. The summed E-state index contributed by atoms with van der Waals surface area (Å²) in [5.74, 6) is -0.245. The molecule has 0 aromatic heterocycles. The number of aliphatic carboxylic acids is 1. The number of carbonyl (C=O) groups is 2. The van der Waals surface area contributed by atoms with E-state index in [4.69, 9.17) is 9.84 Å². The van der Waals surface area contributed by atoms with E-state index in [1.807, 2.05) is 24.3 Å². The number of carboxylic acid groups (broad SMARTS) is 1. The lowest BCUT2D eigenvalue weighted by Gasteiger charge is -2.14. The standard InChI is InChI=1S/C26H22F3NO5S/c1-15-16(13-34-20-9-10-22-17(11-24(31)32)14-36-23(22)12-20)3-2-4-21(15)25(33)30-18-5-7-19(8-6-18)35-26(27,28)29/h2-10,12,17H,11,13-14H2,1H3,(H,30,33)(H,31,32). The lowest BCUT2D eigenvalue weighted by atomic mass is 9.98. The van der Waals surface area contributed by atoms with Crippen LogP contribution in [0.5, 0.6) is 11.5 Å². The molecule has 1 amide bonds. The van der Waals surface area contributed by atoms with Crippen molar-refractivity contribution < 1.29 is 37.3 Å². The molecule has 0 spiro atoms. The third-order valence-corrected chi connectivity index (χ3v) is 6.95. The summed E-state index contributed by atoms with van der Waals surface area (Å²) in [5.41, 5.74) is 3.26. The fraction of sp³-hybridized carbons (Fsp3) is 0.231. The van der Waals surface area contributed by atoms with E-state index in [2.05, 4.69) is 10.1 Å². The Hall–Kier alpha value is -3.66. The molecule has 1 aliphatic heterocycles. The quantitative estimate of drug-likeness (QED) is 0.360. The maximum Gasteiger partial charge on any atom is 0.573 e. The van der Waals surface area contributed by atoms with Crippen LogP contribution in [0.25, 0.3) is 0 Å². The molecule has 0 radical (unpaired) electrons. The predicted octanol–water partition coefficient (Wildman–Crippen LogP) is 6.39. The third kappa shape index (κ3) is 6.31. The lowest BCUT2D eigenvalue weighted by molar-refractivity contribution is -0.274. The summed E-state index contributed by atoms with van der Waals surface area (Å²) in [5, 5.41) is 11.8. The molecule has 3 aromatic carbocycles. The second-order valence-electron chi connectivity index (χ2n) is 8.21. The highest BCUT2D eigenvalue weighted by atomic mass is 32.2. The first-order valence-electron chi connectivity index (χ1n) is 11.0. The Labute approximate surface area is 209 Å². The number of alkyl halides is 3. The maximum atomic E-state index is 12.8. The van der Waals surface area contributed by atoms with Gasteiger partial charge in [-0.05, 0) is 66.1 Å². The van der Waals surface area contributed by atoms with Gasteiger partial charge in [0.1, 0.15) is 18.1 Å². The second-order valence-corrected chi connectivity index (χ2v) is 9.27. The van der Waals surface area contributed by atoms with E-state index in [-0.39, 0.29) is 24.7 Å². The van der Waals surface area contributed by atoms with E-state index in [1.54, 1.807) is 30.8 Å². The number of carbonyl (C=O) groups excluding carboxylic acids is 1. The topological polar surface area (TPSA) is 84.9 Å². The molecular formula is C26H22F3NO5S. The Kier molecular flexibility index (Phi) is 7.44. The van der Waals surface area contributed by atoms with Crippen molar-refractivity contribution in [3.05, 3.63) is 82.9 Å². The first kappa shape index (κ1) is 25.4. The van der Waals surface area contributed by atoms with Crippen LogP contribution in [0.3, 0.4) is 0 Å². The molecule has 1 atom stereocenters. The average molecular weight is 518 g/mol. The normalized spacial score (nSPS) is 14.7. The zero-order chi connectivity index (χ0) is 25.9. The molecule has 10 heteroatoms. The number of hydrogen-bond donors (Lipinski definition) is 2. The number of hydrogen-bond acceptors (Lipinski definition) is 5. The van der Waals surface area contributed by atoms with Crippen LogP contribution in [0, 0.1) is 6.92 Å². The van der Waals surface area contributed by atoms with Gasteiger partial charge >= 0.3 is 12.3 Å². The highest BCUT2D eigenvalue weighted by Crippen LogP contribution is 2.43. The molecule has 188 valence electrons. The summed E-state index contributed by atoms with van der Waals surface area (Å²) in [4.78, 5) is 24.9. The number of ether oxygens (including phenoxy) is 2. The molecule has 0 fully saturated rings. The largest absolute Gasteiger partial charge is 0.573 e. The summed E-state index contributed by atoms with van der Waals surface area (Å²) in [6.45, 7) is 2.02. The van der Waals surface area contributed by atoms with E-state index in [0.717, 1.165) is 33.9 Å². The summed E-state index contributed by atoms with van der Waals surface area (Å²) in [7, 11) is 0. The van der Waals surface area contributed by atoms with Gasteiger partial charge < -0.3 is 19.9 Å². The van der Waals surface area contributed by atoms with E-state index >= 15 is 0 Å². The zero-order valence-corrected chi connectivity index (χ0v) is 19.9. The van der Waals surface area contributed by atoms with Crippen LogP contribution in [0.15, 0.2) is 65.6 Å². The molecule has 6 nitrogen and oxygen atoms in total. The molecule has 0 saturated heterocycles. The summed E-state index contributed by atoms with van der Waals surface area (Å²) < 4.78 is 46.7. The number of thioether (sulfide) groups is 1. The van der Waals surface area contributed by atoms with Gasteiger partial charge in [0.05, 0.1) is 6.42 Å². The van der Waals surface area contributed by atoms with Crippen molar-refractivity contribution in [1.82, 2.24) is 0 Å². The number of carboxylic acids is 1. The lowest BCUT2D eigenvalue weighted by Crippen LogP contribution is -2.17. The maximum absolute atomic E-state index is 12.8. The minimum absolute atomic E-state index is 0.0117. The molecule has 0 bridgehead atoms. The van der Waals surface area contributed by atoms with Crippen molar-refractivity contribution in [1.29, 1.82) is 0 Å². The van der Waals surface area contributed by atoms with E-state index < -0.39 is 18.2 Å². The van der Waals surface area contributed by atoms with Gasteiger partial charge in [-0.15, -0.1) is 24.9 Å². The van der Waals surface area contributed by atoms with Crippen LogP contribution in [-0.4, -0.2) is 29.1 Å². The summed E-state index contributed by atoms with van der Waals surface area (Å²) >= 11 is 1.61. The van der Waals surface area contributed by atoms with Crippen molar-refractivity contribution in [2.75, 3.05) is 11.1 Å². The highest BCUT2D eigenvalue weighted by molar-refractivity contribution is 7.99. The van der Waals surface area contributed by atoms with Crippen LogP contribution in [-0.2, 0) is 11.4 Å². The fourth-order valence-electron chi connectivity index (χ4n) is 3.91. The van der Waals surface area contributed by atoms with Crippen LogP contribution >= 0.6 is 11.8 Å². The molecule has 36 heavy (non-hydrogen) atoms. The molecule has 0 aliphatic carbocycles. The Bertz CT molecular complexity index is 1280. The predicted molar refractivity (Wildman–Crippen MR) is 129 cm³/mol. The van der Waals surface area contributed by atoms with Gasteiger partial charge in [0.2, 0.25) is 0 Å². The number of rotatable bonds is 8. The fourth-order valence-corrected chi connectivity index (χ4v) is 5.19. The molecular weight excluding hydrogens is 495 g/mol. The molecule has 1 unspecified atom stereocenters. The molecule has 1 heterocycles. The van der Waals surface area contributed by atoms with Gasteiger partial charge in [0.25, 0.3) is 5.91 Å². The van der Waals surface area contributed by atoms with Crippen LogP contribution in [0.2, 0.25) is 0 Å². The Morgan fingerprint density at radius 3 is 2.50 bits per heavy atom. The Balaban J connectivity index is 1.40. The second kappa shape index (κ2) is 10.5. The van der Waals surface area contributed by atoms with E-state index in [0.29, 0.717) is 22.6 Å². The number of amides is 1. The average Bonchev–Trinajstić information content (AvgIpc) is 3.20. The van der Waals surface area contributed by atoms with E-state index in [9.17, 15) is 22.8 Å². The first-order chi connectivity index (χ1) is 17.1. The zero-order valence-electron chi connectivity index (χ0n) is 19.1. The van der Waals surface area contributed by atoms with E-state index in [1.165, 1.54) is 12.1 Å². The van der Waals surface area contributed by atoms with Gasteiger partial charge in [-0.3, -0.25) is 9.59 Å². The SMILES string of the molecule is Cc1c(COc2ccc3c(c2)SCC3CC(=O)O)cccc1C(=O)Nc1ccc(OC(F)(F)F)cc1. The molecule has 4 rings (SSSR count).